The fourth-order valence-electron chi connectivity index (χ4n) is 2.74. The maximum absolute atomic E-state index is 3.51. The standard InChI is InChI=1S/C12H28N3/c1-11(2)15(12(3)4)9-7-13-5-6-14-8-10-15/h11-14H,5-10H2,1-4H3/q+1. The molecule has 15 heavy (non-hydrogen) atoms. The second kappa shape index (κ2) is 5.83. The van der Waals surface area contributed by atoms with Gasteiger partial charge in [-0.1, -0.05) is 0 Å². The topological polar surface area (TPSA) is 24.1 Å². The number of nitrogens with one attached hydrogen (secondary N) is 2. The van der Waals surface area contributed by atoms with Crippen molar-refractivity contribution in [2.45, 2.75) is 39.8 Å². The minimum Gasteiger partial charge on any atom is -0.318 e. The van der Waals surface area contributed by atoms with E-state index in [0.717, 1.165) is 26.2 Å². The largest absolute Gasteiger partial charge is 0.318 e. The SMILES string of the molecule is CC(C)[N+]1(C(C)C)CCNCCNCC1. The lowest BCUT2D eigenvalue weighted by molar-refractivity contribution is -0.964. The van der Waals surface area contributed by atoms with Crippen LogP contribution in [-0.2, 0) is 0 Å². The van der Waals surface area contributed by atoms with Crippen LogP contribution >= 0.6 is 0 Å². The molecule has 0 unspecified atom stereocenters. The molecule has 0 bridgehead atoms. The first-order valence-corrected chi connectivity index (χ1v) is 6.37. The summed E-state index contributed by atoms with van der Waals surface area (Å²) in [6.45, 7) is 16.5. The zero-order chi connectivity index (χ0) is 11.3. The number of hydrogen-bond donors (Lipinski definition) is 2. The van der Waals surface area contributed by atoms with E-state index in [0.29, 0.717) is 12.1 Å². The summed E-state index contributed by atoms with van der Waals surface area (Å²) in [7, 11) is 0. The lowest BCUT2D eigenvalue weighted by atomic mass is 10.1. The summed E-state index contributed by atoms with van der Waals surface area (Å²) < 4.78 is 1.24. The van der Waals surface area contributed by atoms with Crippen LogP contribution in [0.4, 0.5) is 0 Å². The van der Waals surface area contributed by atoms with Gasteiger partial charge in [0.2, 0.25) is 0 Å². The van der Waals surface area contributed by atoms with Crippen molar-refractivity contribution in [3.05, 3.63) is 0 Å². The number of nitrogens with zero attached hydrogens (tertiary/aromatic N) is 1. The minimum atomic E-state index is 0.715. The first-order valence-electron chi connectivity index (χ1n) is 6.37. The molecule has 1 rings (SSSR count). The van der Waals surface area contributed by atoms with Gasteiger partial charge in [-0.2, -0.15) is 0 Å². The summed E-state index contributed by atoms with van der Waals surface area (Å²) in [5.74, 6) is 0. The molecule has 1 aliphatic rings. The van der Waals surface area contributed by atoms with Crippen LogP contribution in [0.15, 0.2) is 0 Å². The fraction of sp³-hybridized carbons (Fsp3) is 1.00. The minimum absolute atomic E-state index is 0.715. The monoisotopic (exact) mass is 214 g/mol. The molecule has 0 amide bonds. The number of quaternary nitrogens is 1. The molecule has 0 aliphatic carbocycles. The van der Waals surface area contributed by atoms with Crippen LogP contribution in [-0.4, -0.2) is 55.8 Å². The predicted molar refractivity (Wildman–Crippen MR) is 66.0 cm³/mol. The Morgan fingerprint density at radius 2 is 1.13 bits per heavy atom. The Bertz CT molecular complexity index is 158. The van der Waals surface area contributed by atoms with Crippen LogP contribution < -0.4 is 10.6 Å². The second-order valence-electron chi connectivity index (χ2n) is 5.24. The van der Waals surface area contributed by atoms with Crippen molar-refractivity contribution in [3.8, 4) is 0 Å². The highest BCUT2D eigenvalue weighted by molar-refractivity contribution is 4.62. The predicted octanol–water partition coefficient (Wildman–Crippen LogP) is 0.813. The molecule has 1 saturated heterocycles. The van der Waals surface area contributed by atoms with Crippen molar-refractivity contribution < 1.29 is 4.48 Å². The first kappa shape index (κ1) is 12.9. The molecule has 0 aromatic heterocycles. The summed E-state index contributed by atoms with van der Waals surface area (Å²) in [4.78, 5) is 0. The van der Waals surface area contributed by atoms with E-state index in [2.05, 4.69) is 38.3 Å². The third-order valence-electron chi connectivity index (χ3n) is 3.95. The molecule has 0 saturated carbocycles. The van der Waals surface area contributed by atoms with E-state index in [1.807, 2.05) is 0 Å². The Balaban J connectivity index is 2.71. The molecule has 3 nitrogen and oxygen atoms in total. The van der Waals surface area contributed by atoms with Gasteiger partial charge < -0.3 is 15.1 Å². The van der Waals surface area contributed by atoms with Crippen molar-refractivity contribution in [2.24, 2.45) is 0 Å². The highest BCUT2D eigenvalue weighted by Crippen LogP contribution is 2.18. The van der Waals surface area contributed by atoms with Gasteiger partial charge in [0.1, 0.15) is 0 Å². The first-order chi connectivity index (χ1) is 7.09. The Morgan fingerprint density at radius 1 is 0.733 bits per heavy atom. The van der Waals surface area contributed by atoms with Gasteiger partial charge in [0, 0.05) is 26.2 Å². The summed E-state index contributed by atoms with van der Waals surface area (Å²) >= 11 is 0. The molecule has 2 N–H and O–H groups in total. The van der Waals surface area contributed by atoms with Gasteiger partial charge >= 0.3 is 0 Å². The summed E-state index contributed by atoms with van der Waals surface area (Å²) in [5.41, 5.74) is 0. The second-order valence-corrected chi connectivity index (χ2v) is 5.24. The Morgan fingerprint density at radius 3 is 1.47 bits per heavy atom. The van der Waals surface area contributed by atoms with Gasteiger partial charge in [-0.25, -0.2) is 0 Å². The lowest BCUT2D eigenvalue weighted by Gasteiger charge is -2.46. The molecule has 3 heteroatoms. The van der Waals surface area contributed by atoms with Crippen LogP contribution in [0.1, 0.15) is 27.7 Å². The quantitative estimate of drug-likeness (QED) is 0.665. The van der Waals surface area contributed by atoms with Crippen LogP contribution in [0, 0.1) is 0 Å². The van der Waals surface area contributed by atoms with E-state index in [9.17, 15) is 0 Å². The van der Waals surface area contributed by atoms with E-state index in [4.69, 9.17) is 0 Å². The molecular formula is C12H28N3+. The summed E-state index contributed by atoms with van der Waals surface area (Å²) in [5, 5.41) is 7.03. The van der Waals surface area contributed by atoms with Crippen molar-refractivity contribution in [2.75, 3.05) is 39.3 Å². The van der Waals surface area contributed by atoms with Gasteiger partial charge in [-0.3, -0.25) is 0 Å². The lowest BCUT2D eigenvalue weighted by Crippen LogP contribution is -2.61. The maximum atomic E-state index is 3.51. The third kappa shape index (κ3) is 3.16. The third-order valence-corrected chi connectivity index (χ3v) is 3.95. The molecular weight excluding hydrogens is 186 g/mol. The highest BCUT2D eigenvalue weighted by atomic mass is 15.4. The molecule has 0 aromatic rings. The molecule has 0 spiro atoms. The van der Waals surface area contributed by atoms with Crippen molar-refractivity contribution in [1.82, 2.24) is 10.6 Å². The molecule has 1 aliphatic heterocycles. The number of hydrogen-bond acceptors (Lipinski definition) is 2. The molecule has 0 aromatic carbocycles. The van der Waals surface area contributed by atoms with E-state index in [1.165, 1.54) is 17.6 Å². The summed E-state index contributed by atoms with van der Waals surface area (Å²) in [6, 6.07) is 1.43. The Kier molecular flexibility index (Phi) is 5.03. The van der Waals surface area contributed by atoms with Gasteiger partial charge in [0.05, 0.1) is 25.2 Å². The van der Waals surface area contributed by atoms with E-state index < -0.39 is 0 Å². The summed E-state index contributed by atoms with van der Waals surface area (Å²) in [6.07, 6.45) is 0. The maximum Gasteiger partial charge on any atom is 0.0917 e. The smallest absolute Gasteiger partial charge is 0.0917 e. The van der Waals surface area contributed by atoms with Crippen LogP contribution in [0.25, 0.3) is 0 Å². The van der Waals surface area contributed by atoms with Crippen molar-refractivity contribution >= 4 is 0 Å². The van der Waals surface area contributed by atoms with Gasteiger partial charge in [0.25, 0.3) is 0 Å². The van der Waals surface area contributed by atoms with Crippen LogP contribution in [0.2, 0.25) is 0 Å². The van der Waals surface area contributed by atoms with E-state index in [1.54, 1.807) is 0 Å². The molecule has 1 fully saturated rings. The highest BCUT2D eigenvalue weighted by Gasteiger charge is 2.33. The fourth-order valence-corrected chi connectivity index (χ4v) is 2.74. The average molecular weight is 214 g/mol. The molecule has 0 radical (unpaired) electrons. The number of rotatable bonds is 2. The molecule has 90 valence electrons. The zero-order valence-corrected chi connectivity index (χ0v) is 10.8. The van der Waals surface area contributed by atoms with Crippen LogP contribution in [0.3, 0.4) is 0 Å². The van der Waals surface area contributed by atoms with Crippen molar-refractivity contribution in [1.29, 1.82) is 0 Å². The Labute approximate surface area is 94.8 Å². The van der Waals surface area contributed by atoms with Gasteiger partial charge in [0.15, 0.2) is 0 Å². The Hall–Kier alpha value is -0.120. The molecule has 0 atom stereocenters. The van der Waals surface area contributed by atoms with E-state index >= 15 is 0 Å². The molecule has 1 heterocycles. The average Bonchev–Trinajstić information content (AvgIpc) is 2.28. The van der Waals surface area contributed by atoms with Crippen LogP contribution in [0.5, 0.6) is 0 Å². The normalized spacial score (nSPS) is 23.6. The van der Waals surface area contributed by atoms with Gasteiger partial charge in [-0.15, -0.1) is 0 Å². The van der Waals surface area contributed by atoms with Gasteiger partial charge in [-0.05, 0) is 27.7 Å². The zero-order valence-electron chi connectivity index (χ0n) is 10.8. The van der Waals surface area contributed by atoms with E-state index in [-0.39, 0.29) is 0 Å². The van der Waals surface area contributed by atoms with Crippen molar-refractivity contribution in [3.63, 3.8) is 0 Å².